The van der Waals surface area contributed by atoms with Crippen molar-refractivity contribution in [2.45, 2.75) is 13.0 Å². The summed E-state index contributed by atoms with van der Waals surface area (Å²) in [5.41, 5.74) is 0.377. The summed E-state index contributed by atoms with van der Waals surface area (Å²) in [5, 5.41) is 12.1. The third kappa shape index (κ3) is 1.65. The summed E-state index contributed by atoms with van der Waals surface area (Å²) < 4.78 is 0. The lowest BCUT2D eigenvalue weighted by atomic mass is 9.95. The number of anilines is 1. The Hall–Kier alpha value is -1.67. The van der Waals surface area contributed by atoms with Crippen LogP contribution in [0.1, 0.15) is 12.6 Å². The molecule has 0 aromatic carbocycles. The van der Waals surface area contributed by atoms with E-state index < -0.39 is 0 Å². The van der Waals surface area contributed by atoms with Crippen LogP contribution in [0.3, 0.4) is 0 Å². The SMILES string of the molecule is CC1C2CNCC2CN1c1cnc(C#N)cn1. The van der Waals surface area contributed by atoms with Crippen LogP contribution in [0.5, 0.6) is 0 Å². The molecule has 2 aliphatic heterocycles. The van der Waals surface area contributed by atoms with Crippen LogP contribution in [0.25, 0.3) is 0 Å². The van der Waals surface area contributed by atoms with Crippen molar-refractivity contribution >= 4 is 5.82 Å². The first kappa shape index (κ1) is 10.5. The number of hydrogen-bond donors (Lipinski definition) is 1. The number of fused-ring (bicyclic) bond motifs is 1. The predicted octanol–water partition coefficient (Wildman–Crippen LogP) is 0.392. The second-order valence-electron chi connectivity index (χ2n) is 4.85. The summed E-state index contributed by atoms with van der Waals surface area (Å²) in [6.07, 6.45) is 3.26. The minimum atomic E-state index is 0.377. The molecule has 17 heavy (non-hydrogen) atoms. The van der Waals surface area contributed by atoms with Gasteiger partial charge in [0.05, 0.1) is 12.4 Å². The highest BCUT2D eigenvalue weighted by atomic mass is 15.3. The third-order valence-electron chi connectivity index (χ3n) is 3.98. The van der Waals surface area contributed by atoms with Crippen molar-refractivity contribution in [3.8, 4) is 6.07 Å². The fourth-order valence-electron chi connectivity index (χ4n) is 3.00. The number of hydrogen-bond acceptors (Lipinski definition) is 5. The van der Waals surface area contributed by atoms with Gasteiger partial charge in [-0.1, -0.05) is 0 Å². The van der Waals surface area contributed by atoms with Crippen molar-refractivity contribution in [2.75, 3.05) is 24.5 Å². The molecule has 0 spiro atoms. The van der Waals surface area contributed by atoms with E-state index >= 15 is 0 Å². The number of nitrogens with one attached hydrogen (secondary N) is 1. The van der Waals surface area contributed by atoms with Gasteiger partial charge >= 0.3 is 0 Å². The van der Waals surface area contributed by atoms with E-state index in [1.165, 1.54) is 0 Å². The van der Waals surface area contributed by atoms with Crippen molar-refractivity contribution in [3.05, 3.63) is 18.1 Å². The van der Waals surface area contributed by atoms with Gasteiger partial charge in [0.2, 0.25) is 0 Å². The van der Waals surface area contributed by atoms with Gasteiger partial charge in [-0.3, -0.25) is 0 Å². The summed E-state index contributed by atoms with van der Waals surface area (Å²) in [4.78, 5) is 10.7. The van der Waals surface area contributed by atoms with Crippen LogP contribution in [0.15, 0.2) is 12.4 Å². The highest BCUT2D eigenvalue weighted by Crippen LogP contribution is 2.34. The monoisotopic (exact) mass is 229 g/mol. The highest BCUT2D eigenvalue weighted by Gasteiger charge is 2.42. The van der Waals surface area contributed by atoms with Gasteiger partial charge < -0.3 is 10.2 Å². The number of nitriles is 1. The standard InChI is InChI=1S/C12H15N5/c1-8-11-5-14-3-9(11)7-17(8)12-6-15-10(2-13)4-16-12/h4,6,8-9,11,14H,3,5,7H2,1H3. The molecule has 2 saturated heterocycles. The normalized spacial score (nSPS) is 31.3. The molecule has 1 aromatic rings. The molecule has 0 aliphatic carbocycles. The van der Waals surface area contributed by atoms with Crippen LogP contribution in [0, 0.1) is 23.2 Å². The number of rotatable bonds is 1. The van der Waals surface area contributed by atoms with Crippen LogP contribution in [-0.4, -0.2) is 35.6 Å². The van der Waals surface area contributed by atoms with Gasteiger partial charge in [0.1, 0.15) is 11.9 Å². The Labute approximate surface area is 100 Å². The van der Waals surface area contributed by atoms with Crippen LogP contribution in [0.2, 0.25) is 0 Å². The average Bonchev–Trinajstić information content (AvgIpc) is 2.93. The van der Waals surface area contributed by atoms with E-state index in [1.807, 2.05) is 6.07 Å². The smallest absolute Gasteiger partial charge is 0.158 e. The Morgan fingerprint density at radius 2 is 2.29 bits per heavy atom. The Morgan fingerprint density at radius 1 is 1.41 bits per heavy atom. The molecular formula is C12H15N5. The van der Waals surface area contributed by atoms with Gasteiger partial charge in [-0.25, -0.2) is 9.97 Å². The second-order valence-corrected chi connectivity index (χ2v) is 4.85. The maximum Gasteiger partial charge on any atom is 0.158 e. The van der Waals surface area contributed by atoms with Crippen LogP contribution in [-0.2, 0) is 0 Å². The minimum Gasteiger partial charge on any atom is -0.352 e. The van der Waals surface area contributed by atoms with Crippen molar-refractivity contribution in [1.82, 2.24) is 15.3 Å². The first-order chi connectivity index (χ1) is 8.29. The van der Waals surface area contributed by atoms with Crippen molar-refractivity contribution in [1.29, 1.82) is 5.26 Å². The molecule has 3 unspecified atom stereocenters. The Balaban J connectivity index is 1.83. The van der Waals surface area contributed by atoms with E-state index in [2.05, 4.69) is 27.1 Å². The number of nitrogens with zero attached hydrogens (tertiary/aromatic N) is 4. The molecule has 0 radical (unpaired) electrons. The third-order valence-corrected chi connectivity index (χ3v) is 3.98. The molecular weight excluding hydrogens is 214 g/mol. The van der Waals surface area contributed by atoms with E-state index in [0.29, 0.717) is 17.7 Å². The maximum atomic E-state index is 8.70. The lowest BCUT2D eigenvalue weighted by Crippen LogP contribution is -2.33. The molecule has 0 bridgehead atoms. The molecule has 1 N–H and O–H groups in total. The summed E-state index contributed by atoms with van der Waals surface area (Å²) in [5.74, 6) is 2.33. The van der Waals surface area contributed by atoms with Crippen molar-refractivity contribution in [3.63, 3.8) is 0 Å². The fraction of sp³-hybridized carbons (Fsp3) is 0.583. The molecule has 5 nitrogen and oxygen atoms in total. The largest absolute Gasteiger partial charge is 0.352 e. The van der Waals surface area contributed by atoms with Gasteiger partial charge in [-0.15, -0.1) is 0 Å². The van der Waals surface area contributed by atoms with Gasteiger partial charge in [-0.2, -0.15) is 5.26 Å². The number of aromatic nitrogens is 2. The van der Waals surface area contributed by atoms with Gasteiger partial charge in [0, 0.05) is 25.7 Å². The first-order valence-corrected chi connectivity index (χ1v) is 5.99. The van der Waals surface area contributed by atoms with Crippen molar-refractivity contribution in [2.24, 2.45) is 11.8 Å². The molecule has 1 aromatic heterocycles. The van der Waals surface area contributed by atoms with Crippen LogP contribution < -0.4 is 10.2 Å². The van der Waals surface area contributed by atoms with Gasteiger partial charge in [0.15, 0.2) is 5.69 Å². The lowest BCUT2D eigenvalue weighted by Gasteiger charge is -2.25. The Morgan fingerprint density at radius 3 is 2.94 bits per heavy atom. The first-order valence-electron chi connectivity index (χ1n) is 5.99. The Bertz CT molecular complexity index is 449. The van der Waals surface area contributed by atoms with Gasteiger partial charge in [0.25, 0.3) is 0 Å². The maximum absolute atomic E-state index is 8.70. The van der Waals surface area contributed by atoms with E-state index in [-0.39, 0.29) is 0 Å². The zero-order valence-electron chi connectivity index (χ0n) is 9.80. The second kappa shape index (κ2) is 3.97. The zero-order valence-corrected chi connectivity index (χ0v) is 9.80. The lowest BCUT2D eigenvalue weighted by molar-refractivity contribution is 0.471. The van der Waals surface area contributed by atoms with Crippen LogP contribution >= 0.6 is 0 Å². The van der Waals surface area contributed by atoms with E-state index in [1.54, 1.807) is 12.4 Å². The molecule has 88 valence electrons. The molecule has 2 fully saturated rings. The molecule has 2 aliphatic rings. The van der Waals surface area contributed by atoms with Crippen molar-refractivity contribution < 1.29 is 0 Å². The summed E-state index contributed by atoms with van der Waals surface area (Å²) in [6, 6.07) is 2.49. The van der Waals surface area contributed by atoms with E-state index in [9.17, 15) is 0 Å². The molecule has 3 rings (SSSR count). The molecule has 0 amide bonds. The molecule has 3 atom stereocenters. The van der Waals surface area contributed by atoms with Gasteiger partial charge in [-0.05, 0) is 18.8 Å². The van der Waals surface area contributed by atoms with E-state index in [4.69, 9.17) is 5.26 Å². The zero-order chi connectivity index (χ0) is 11.8. The molecule has 5 heteroatoms. The average molecular weight is 229 g/mol. The quantitative estimate of drug-likeness (QED) is 0.754. The summed E-state index contributed by atoms with van der Waals surface area (Å²) >= 11 is 0. The molecule has 0 saturated carbocycles. The minimum absolute atomic E-state index is 0.377. The molecule has 3 heterocycles. The van der Waals surface area contributed by atoms with E-state index in [0.717, 1.165) is 31.4 Å². The summed E-state index contributed by atoms with van der Waals surface area (Å²) in [6.45, 7) is 5.50. The predicted molar refractivity (Wildman–Crippen MR) is 63.4 cm³/mol. The van der Waals surface area contributed by atoms with Crippen LogP contribution in [0.4, 0.5) is 5.82 Å². The highest BCUT2D eigenvalue weighted by molar-refractivity contribution is 5.41. The summed E-state index contributed by atoms with van der Waals surface area (Å²) in [7, 11) is 0. The Kier molecular flexibility index (Phi) is 2.45. The topological polar surface area (TPSA) is 64.8 Å². The fourth-order valence-corrected chi connectivity index (χ4v) is 3.00.